The first-order chi connectivity index (χ1) is 7.76. The van der Waals surface area contributed by atoms with Crippen molar-refractivity contribution < 1.29 is 0 Å². The number of nitrogens with one attached hydrogen (secondary N) is 1. The molecule has 2 nitrogen and oxygen atoms in total. The predicted molar refractivity (Wildman–Crippen MR) is 68.2 cm³/mol. The summed E-state index contributed by atoms with van der Waals surface area (Å²) in [6.45, 7) is 3.15. The van der Waals surface area contributed by atoms with E-state index in [1.54, 1.807) is 0 Å². The van der Waals surface area contributed by atoms with Gasteiger partial charge in [-0.25, -0.2) is 0 Å². The van der Waals surface area contributed by atoms with Crippen LogP contribution in [0.25, 0.3) is 0 Å². The van der Waals surface area contributed by atoms with Crippen LogP contribution < -0.4 is 11.1 Å². The van der Waals surface area contributed by atoms with Crippen molar-refractivity contribution >= 4 is 0 Å². The van der Waals surface area contributed by atoms with E-state index in [-0.39, 0.29) is 6.04 Å². The zero-order valence-electron chi connectivity index (χ0n) is 10.1. The molecule has 1 fully saturated rings. The second kappa shape index (κ2) is 4.98. The Morgan fingerprint density at radius 3 is 2.50 bits per heavy atom. The molecule has 0 aliphatic heterocycles. The topological polar surface area (TPSA) is 38.0 Å². The summed E-state index contributed by atoms with van der Waals surface area (Å²) in [5.74, 6) is 0. The molecule has 1 atom stereocenters. The molecule has 1 saturated carbocycles. The van der Waals surface area contributed by atoms with Gasteiger partial charge in [-0.2, -0.15) is 0 Å². The third kappa shape index (κ3) is 2.45. The molecule has 88 valence electrons. The lowest BCUT2D eigenvalue weighted by Gasteiger charge is -2.43. The molecule has 1 aliphatic rings. The molecule has 0 bridgehead atoms. The number of benzene rings is 1. The fourth-order valence-corrected chi connectivity index (χ4v) is 2.40. The van der Waals surface area contributed by atoms with Crippen LogP contribution >= 0.6 is 0 Å². The average molecular weight is 218 g/mol. The van der Waals surface area contributed by atoms with Crippen molar-refractivity contribution in [2.45, 2.75) is 44.2 Å². The van der Waals surface area contributed by atoms with Crippen LogP contribution in [0.1, 0.15) is 44.2 Å². The molecule has 3 N–H and O–H groups in total. The highest BCUT2D eigenvalue weighted by Gasteiger charge is 2.34. The van der Waals surface area contributed by atoms with Crippen LogP contribution in [0, 0.1) is 0 Å². The van der Waals surface area contributed by atoms with Crippen LogP contribution in [-0.4, -0.2) is 12.1 Å². The SMILES string of the molecule is CCC1(NCC(N)c2ccccc2)CCC1. The molecule has 16 heavy (non-hydrogen) atoms. The maximum Gasteiger partial charge on any atom is 0.0421 e. The normalized spacial score (nSPS) is 20.1. The van der Waals surface area contributed by atoms with Gasteiger partial charge in [0.05, 0.1) is 0 Å². The van der Waals surface area contributed by atoms with Crippen molar-refractivity contribution in [2.75, 3.05) is 6.54 Å². The van der Waals surface area contributed by atoms with E-state index in [0.717, 1.165) is 6.54 Å². The highest BCUT2D eigenvalue weighted by molar-refractivity contribution is 5.18. The lowest BCUT2D eigenvalue weighted by Crippen LogP contribution is -2.52. The van der Waals surface area contributed by atoms with Crippen molar-refractivity contribution in [3.8, 4) is 0 Å². The van der Waals surface area contributed by atoms with E-state index in [1.807, 2.05) is 18.2 Å². The zero-order chi connectivity index (χ0) is 11.4. The van der Waals surface area contributed by atoms with Crippen molar-refractivity contribution in [1.82, 2.24) is 5.32 Å². The number of nitrogens with two attached hydrogens (primary N) is 1. The van der Waals surface area contributed by atoms with Gasteiger partial charge in [0.2, 0.25) is 0 Å². The summed E-state index contributed by atoms with van der Waals surface area (Å²) in [6.07, 6.45) is 5.20. The lowest BCUT2D eigenvalue weighted by molar-refractivity contribution is 0.175. The van der Waals surface area contributed by atoms with Crippen LogP contribution in [0.2, 0.25) is 0 Å². The van der Waals surface area contributed by atoms with Gasteiger partial charge >= 0.3 is 0 Å². The molecule has 0 aromatic heterocycles. The summed E-state index contributed by atoms with van der Waals surface area (Å²) in [4.78, 5) is 0. The van der Waals surface area contributed by atoms with Gasteiger partial charge in [0.1, 0.15) is 0 Å². The maximum atomic E-state index is 6.17. The van der Waals surface area contributed by atoms with Crippen LogP contribution in [0.4, 0.5) is 0 Å². The molecule has 0 saturated heterocycles. The standard InChI is InChI=1S/C14H22N2/c1-2-14(9-6-10-14)16-11-13(15)12-7-4-3-5-8-12/h3-5,7-8,13,16H,2,6,9-11,15H2,1H3. The first-order valence-corrected chi connectivity index (χ1v) is 6.31. The number of hydrogen-bond acceptors (Lipinski definition) is 2. The van der Waals surface area contributed by atoms with Crippen LogP contribution in [0.15, 0.2) is 30.3 Å². The van der Waals surface area contributed by atoms with Crippen LogP contribution in [0.5, 0.6) is 0 Å². The smallest absolute Gasteiger partial charge is 0.0421 e. The Morgan fingerprint density at radius 2 is 2.00 bits per heavy atom. The Kier molecular flexibility index (Phi) is 3.62. The van der Waals surface area contributed by atoms with Crippen LogP contribution in [0.3, 0.4) is 0 Å². The van der Waals surface area contributed by atoms with Gasteiger partial charge in [0, 0.05) is 18.1 Å². The highest BCUT2D eigenvalue weighted by Crippen LogP contribution is 2.34. The average Bonchev–Trinajstić information content (AvgIpc) is 2.29. The maximum absolute atomic E-state index is 6.17. The molecule has 1 aliphatic carbocycles. The minimum absolute atomic E-state index is 0.116. The monoisotopic (exact) mass is 218 g/mol. The predicted octanol–water partition coefficient (Wildman–Crippen LogP) is 2.61. The molecule has 2 heteroatoms. The summed E-state index contributed by atoms with van der Waals surface area (Å²) in [5, 5.41) is 3.66. The fraction of sp³-hybridized carbons (Fsp3) is 0.571. The molecule has 0 amide bonds. The fourth-order valence-electron chi connectivity index (χ4n) is 2.40. The lowest BCUT2D eigenvalue weighted by atomic mass is 9.74. The molecule has 0 spiro atoms. The minimum Gasteiger partial charge on any atom is -0.323 e. The number of rotatable bonds is 5. The van der Waals surface area contributed by atoms with Gasteiger partial charge in [-0.1, -0.05) is 37.3 Å². The second-order valence-electron chi connectivity index (χ2n) is 4.89. The van der Waals surface area contributed by atoms with Crippen LogP contribution in [-0.2, 0) is 0 Å². The third-order valence-corrected chi connectivity index (χ3v) is 3.91. The van der Waals surface area contributed by atoms with Gasteiger partial charge in [-0.05, 0) is 31.2 Å². The van der Waals surface area contributed by atoms with Gasteiger partial charge in [0.25, 0.3) is 0 Å². The summed E-state index contributed by atoms with van der Waals surface area (Å²) in [7, 11) is 0. The summed E-state index contributed by atoms with van der Waals surface area (Å²) in [5.41, 5.74) is 7.79. The zero-order valence-corrected chi connectivity index (χ0v) is 10.1. The number of hydrogen-bond donors (Lipinski definition) is 2. The Balaban J connectivity index is 1.86. The Morgan fingerprint density at radius 1 is 1.31 bits per heavy atom. The van der Waals surface area contributed by atoms with E-state index >= 15 is 0 Å². The van der Waals surface area contributed by atoms with Crippen molar-refractivity contribution in [3.05, 3.63) is 35.9 Å². The molecular weight excluding hydrogens is 196 g/mol. The summed E-state index contributed by atoms with van der Waals surface area (Å²) in [6, 6.07) is 10.5. The second-order valence-corrected chi connectivity index (χ2v) is 4.89. The van der Waals surface area contributed by atoms with Crippen molar-refractivity contribution in [1.29, 1.82) is 0 Å². The molecule has 1 unspecified atom stereocenters. The first-order valence-electron chi connectivity index (χ1n) is 6.31. The van der Waals surface area contributed by atoms with Gasteiger partial charge in [0.15, 0.2) is 0 Å². The Bertz CT molecular complexity index is 311. The quantitative estimate of drug-likeness (QED) is 0.797. The van der Waals surface area contributed by atoms with Gasteiger partial charge in [-0.3, -0.25) is 0 Å². The molecule has 2 rings (SSSR count). The van der Waals surface area contributed by atoms with Gasteiger partial charge in [-0.15, -0.1) is 0 Å². The van der Waals surface area contributed by atoms with Gasteiger partial charge < -0.3 is 11.1 Å². The first kappa shape index (κ1) is 11.6. The van der Waals surface area contributed by atoms with E-state index in [1.165, 1.54) is 31.2 Å². The van der Waals surface area contributed by atoms with E-state index in [2.05, 4.69) is 24.4 Å². The van der Waals surface area contributed by atoms with Crippen molar-refractivity contribution in [3.63, 3.8) is 0 Å². The molecule has 0 heterocycles. The molecule has 1 aromatic rings. The Hall–Kier alpha value is -0.860. The van der Waals surface area contributed by atoms with Crippen molar-refractivity contribution in [2.24, 2.45) is 5.73 Å². The highest BCUT2D eigenvalue weighted by atomic mass is 15.0. The summed E-state index contributed by atoms with van der Waals surface area (Å²) < 4.78 is 0. The molecular formula is C14H22N2. The summed E-state index contributed by atoms with van der Waals surface area (Å²) >= 11 is 0. The third-order valence-electron chi connectivity index (χ3n) is 3.91. The molecule has 0 radical (unpaired) electrons. The minimum atomic E-state index is 0.116. The van der Waals surface area contributed by atoms with E-state index < -0.39 is 0 Å². The van der Waals surface area contributed by atoms with E-state index in [4.69, 9.17) is 5.73 Å². The Labute approximate surface area is 98.2 Å². The largest absolute Gasteiger partial charge is 0.323 e. The molecule has 1 aromatic carbocycles. The van der Waals surface area contributed by atoms with E-state index in [9.17, 15) is 0 Å². The van der Waals surface area contributed by atoms with E-state index in [0.29, 0.717) is 5.54 Å².